The van der Waals surface area contributed by atoms with Gasteiger partial charge in [0.1, 0.15) is 6.04 Å². The van der Waals surface area contributed by atoms with Crippen LogP contribution >= 0.6 is 11.3 Å². The van der Waals surface area contributed by atoms with Crippen molar-refractivity contribution in [3.05, 3.63) is 63.1 Å². The number of fused-ring (bicyclic) bond motifs is 1. The lowest BCUT2D eigenvalue weighted by atomic mass is 9.83. The Morgan fingerprint density at radius 3 is 2.52 bits per heavy atom. The van der Waals surface area contributed by atoms with Crippen molar-refractivity contribution in [1.29, 1.82) is 0 Å². The number of H-pyrrole nitrogens is 1. The van der Waals surface area contributed by atoms with Gasteiger partial charge in [-0.3, -0.25) is 14.4 Å². The lowest BCUT2D eigenvalue weighted by Gasteiger charge is -2.42. The van der Waals surface area contributed by atoms with Gasteiger partial charge >= 0.3 is 6.09 Å². The van der Waals surface area contributed by atoms with Crippen molar-refractivity contribution in [1.82, 2.24) is 25.4 Å². The standard InChI is InChI=1S/C35H45N5O5S/c41-31-17-16-25-11-7-15-30(32(25)38-31)45-35(44)39-18-19-40(29(23-39)33(42)36-22-27-14-8-20-46-27)34(43)28(21-24-9-3-1-4-10-24)37-26-12-5-2-6-13-26/h7-8,11,14-17,20,24,26,28-29,37H,1-6,9-10,12-13,18-19,21-23H2,(H,36,42)(H,38,41)/t28-,29-/m0/s1/i24D,26D. The molecule has 2 aliphatic carbocycles. The Morgan fingerprint density at radius 2 is 1.76 bits per heavy atom. The Balaban J connectivity index is 1.24. The smallest absolute Gasteiger partial charge is 0.408 e. The third-order valence-corrected chi connectivity index (χ3v) is 10.2. The predicted octanol–water partition coefficient (Wildman–Crippen LogP) is 5.18. The van der Waals surface area contributed by atoms with E-state index in [9.17, 15) is 21.9 Å². The molecule has 1 aromatic carbocycles. The Bertz CT molecular complexity index is 1630. The van der Waals surface area contributed by atoms with Crippen LogP contribution in [0.4, 0.5) is 4.79 Å². The summed E-state index contributed by atoms with van der Waals surface area (Å²) in [7, 11) is 0. The average molecular weight is 650 g/mol. The van der Waals surface area contributed by atoms with E-state index in [4.69, 9.17) is 4.74 Å². The number of hydrogen-bond acceptors (Lipinski definition) is 7. The van der Waals surface area contributed by atoms with E-state index in [0.717, 1.165) is 43.4 Å². The van der Waals surface area contributed by atoms with E-state index in [1.807, 2.05) is 17.5 Å². The quantitative estimate of drug-likeness (QED) is 0.294. The number of amides is 3. The fraction of sp³-hybridized carbons (Fsp3) is 0.543. The summed E-state index contributed by atoms with van der Waals surface area (Å²) in [6.45, 7) is 0.417. The maximum absolute atomic E-state index is 14.6. The van der Waals surface area contributed by atoms with Gasteiger partial charge in [-0.15, -0.1) is 11.3 Å². The van der Waals surface area contributed by atoms with Crippen molar-refractivity contribution in [2.45, 2.75) is 95.3 Å². The Kier molecular flexibility index (Phi) is 9.85. The summed E-state index contributed by atoms with van der Waals surface area (Å²) in [5, 5.41) is 8.99. The van der Waals surface area contributed by atoms with Crippen LogP contribution in [0.3, 0.4) is 0 Å². The molecule has 0 bridgehead atoms. The molecule has 2 atom stereocenters. The molecule has 3 amide bonds. The summed E-state index contributed by atoms with van der Waals surface area (Å²) in [6.07, 6.45) is 8.08. The number of carbonyl (C=O) groups is 3. The second-order valence-electron chi connectivity index (χ2n) is 12.6. The van der Waals surface area contributed by atoms with Crippen LogP contribution in [0.25, 0.3) is 10.9 Å². The molecular weight excluding hydrogens is 602 g/mol. The number of pyridine rings is 1. The number of nitrogens with zero attached hydrogens (tertiary/aromatic N) is 2. The van der Waals surface area contributed by atoms with Gasteiger partial charge in [0.2, 0.25) is 17.4 Å². The van der Waals surface area contributed by atoms with Crippen LogP contribution in [0, 0.1) is 5.89 Å². The van der Waals surface area contributed by atoms with Crippen molar-refractivity contribution in [2.24, 2.45) is 5.89 Å². The zero-order valence-corrected chi connectivity index (χ0v) is 27.0. The van der Waals surface area contributed by atoms with Gasteiger partial charge in [-0.05, 0) is 48.7 Å². The van der Waals surface area contributed by atoms with Crippen molar-refractivity contribution in [2.75, 3.05) is 19.6 Å². The first-order valence-electron chi connectivity index (χ1n) is 17.6. The topological polar surface area (TPSA) is 124 Å². The van der Waals surface area contributed by atoms with E-state index in [2.05, 4.69) is 15.6 Å². The maximum atomic E-state index is 14.6. The second kappa shape index (κ2) is 15.3. The molecule has 3 aromatic rings. The average Bonchev–Trinajstić information content (AvgIpc) is 3.61. The van der Waals surface area contributed by atoms with Gasteiger partial charge in [0.25, 0.3) is 0 Å². The minimum atomic E-state index is -1.00. The first kappa shape index (κ1) is 29.7. The molecule has 6 rings (SSSR count). The molecule has 3 fully saturated rings. The van der Waals surface area contributed by atoms with Crippen molar-refractivity contribution < 1.29 is 21.9 Å². The predicted molar refractivity (Wildman–Crippen MR) is 179 cm³/mol. The monoisotopic (exact) mass is 649 g/mol. The molecule has 3 N–H and O–H groups in total. The lowest BCUT2D eigenvalue weighted by molar-refractivity contribution is -0.145. The van der Waals surface area contributed by atoms with Gasteiger partial charge in [-0.2, -0.15) is 0 Å². The zero-order valence-electron chi connectivity index (χ0n) is 28.2. The number of para-hydroxylation sites is 1. The molecule has 10 nitrogen and oxygen atoms in total. The van der Waals surface area contributed by atoms with E-state index < -0.39 is 30.1 Å². The van der Waals surface area contributed by atoms with Crippen LogP contribution in [0.5, 0.6) is 5.75 Å². The number of rotatable bonds is 9. The summed E-state index contributed by atoms with van der Waals surface area (Å²) in [5.41, 5.74) is 0.0690. The number of aromatic nitrogens is 1. The third-order valence-electron chi connectivity index (χ3n) is 9.35. The molecule has 3 aliphatic rings. The molecule has 46 heavy (non-hydrogen) atoms. The number of piperazine rings is 1. The zero-order chi connectivity index (χ0) is 33.7. The highest BCUT2D eigenvalue weighted by atomic mass is 32.1. The molecule has 2 aromatic heterocycles. The molecule has 0 radical (unpaired) electrons. The number of thiophene rings is 1. The molecule has 11 heteroatoms. The van der Waals surface area contributed by atoms with Gasteiger partial charge in [-0.1, -0.05) is 69.6 Å². The van der Waals surface area contributed by atoms with Crippen LogP contribution in [0.15, 0.2) is 52.6 Å². The molecule has 0 unspecified atom stereocenters. The molecule has 3 heterocycles. The van der Waals surface area contributed by atoms with Gasteiger partial charge < -0.3 is 30.2 Å². The number of ether oxygens (including phenoxy) is 1. The highest BCUT2D eigenvalue weighted by molar-refractivity contribution is 7.09. The molecule has 0 spiro atoms. The molecule has 2 saturated carbocycles. The van der Waals surface area contributed by atoms with Crippen molar-refractivity contribution >= 4 is 40.1 Å². The molecule has 246 valence electrons. The Labute approximate surface area is 276 Å². The molecular formula is C35H45N5O5S. The number of carbonyl (C=O) groups excluding carboxylic acids is 3. The summed E-state index contributed by atoms with van der Waals surface area (Å²) in [4.78, 5) is 60.6. The second-order valence-corrected chi connectivity index (χ2v) is 13.6. The summed E-state index contributed by atoms with van der Waals surface area (Å²) in [6, 6.07) is 9.23. The molecule has 1 aliphatic heterocycles. The molecule has 1 saturated heterocycles. The SMILES string of the molecule is [2H]C1(C[C@H](NC2([2H])CCCCC2)C(=O)N2CCN(C(=O)Oc3cccc4ccc(=O)[nH]c34)C[C@H]2C(=O)NCc2cccs2)CCCCC1. The number of nitrogens with one attached hydrogen (secondary N) is 3. The highest BCUT2D eigenvalue weighted by Gasteiger charge is 2.41. The van der Waals surface area contributed by atoms with E-state index in [1.54, 1.807) is 29.2 Å². The summed E-state index contributed by atoms with van der Waals surface area (Å²) >= 11 is 1.51. The lowest BCUT2D eigenvalue weighted by Crippen LogP contribution is -2.64. The summed E-state index contributed by atoms with van der Waals surface area (Å²) < 4.78 is 24.2. The van der Waals surface area contributed by atoms with Crippen LogP contribution in [-0.2, 0) is 16.1 Å². The van der Waals surface area contributed by atoms with Crippen molar-refractivity contribution in [3.63, 3.8) is 0 Å². The maximum Gasteiger partial charge on any atom is 0.415 e. The van der Waals surface area contributed by atoms with Crippen LogP contribution in [0.1, 0.15) is 78.2 Å². The Morgan fingerprint density at radius 1 is 0.978 bits per heavy atom. The van der Waals surface area contributed by atoms with E-state index in [1.165, 1.54) is 22.3 Å². The first-order valence-corrected chi connectivity index (χ1v) is 17.5. The largest absolute Gasteiger partial charge is 0.415 e. The first-order chi connectivity index (χ1) is 23.1. The van der Waals surface area contributed by atoms with Gasteiger partial charge in [0, 0.05) is 38.2 Å². The minimum Gasteiger partial charge on any atom is -0.408 e. The normalized spacial score (nSPS) is 22.4. The minimum absolute atomic E-state index is 0.0889. The third kappa shape index (κ3) is 7.98. The van der Waals surface area contributed by atoms with E-state index >= 15 is 0 Å². The number of aromatic amines is 1. The van der Waals surface area contributed by atoms with Crippen molar-refractivity contribution in [3.8, 4) is 5.75 Å². The number of hydrogen-bond donors (Lipinski definition) is 3. The van der Waals surface area contributed by atoms with Crippen LogP contribution in [0.2, 0.25) is 0 Å². The van der Waals surface area contributed by atoms with Crippen LogP contribution in [-0.4, -0.2) is 70.4 Å². The van der Waals surface area contributed by atoms with Gasteiger partial charge in [-0.25, -0.2) is 4.79 Å². The van der Waals surface area contributed by atoms with E-state index in [0.29, 0.717) is 36.6 Å². The summed E-state index contributed by atoms with van der Waals surface area (Å²) in [5.74, 6) is -1.28. The highest BCUT2D eigenvalue weighted by Crippen LogP contribution is 2.30. The number of benzene rings is 1. The van der Waals surface area contributed by atoms with Gasteiger partial charge in [0.05, 0.1) is 24.6 Å². The fourth-order valence-electron chi connectivity index (χ4n) is 6.85. The van der Waals surface area contributed by atoms with Gasteiger partial charge in [0.15, 0.2) is 5.75 Å². The Hall–Kier alpha value is -3.70. The fourth-order valence-corrected chi connectivity index (χ4v) is 7.50. The van der Waals surface area contributed by atoms with Crippen LogP contribution < -0.4 is 20.9 Å². The van der Waals surface area contributed by atoms with E-state index in [-0.39, 0.29) is 55.7 Å².